The molecular formula is C18H15F2N3O5. The smallest absolute Gasteiger partial charge is 0.343 e. The van der Waals surface area contributed by atoms with Crippen molar-refractivity contribution in [1.29, 1.82) is 0 Å². The Kier molecular flexibility index (Phi) is 4.95. The van der Waals surface area contributed by atoms with Crippen molar-refractivity contribution >= 4 is 28.7 Å². The average molecular weight is 391 g/mol. The van der Waals surface area contributed by atoms with Gasteiger partial charge in [0.05, 0.1) is 5.69 Å². The molecule has 2 heterocycles. The third-order valence-corrected chi connectivity index (χ3v) is 3.99. The van der Waals surface area contributed by atoms with E-state index in [0.29, 0.717) is 6.07 Å². The number of hydrogen-bond acceptors (Lipinski definition) is 6. The Labute approximate surface area is 156 Å². The maximum atomic E-state index is 13.7. The minimum Gasteiger partial charge on any atom is -0.449 e. The van der Waals surface area contributed by atoms with E-state index in [0.717, 1.165) is 12.1 Å². The van der Waals surface area contributed by atoms with Crippen LogP contribution in [0.5, 0.6) is 0 Å². The Hall–Kier alpha value is -3.56. The van der Waals surface area contributed by atoms with Crippen LogP contribution < -0.4 is 10.9 Å². The van der Waals surface area contributed by atoms with Crippen LogP contribution in [0.1, 0.15) is 23.0 Å². The van der Waals surface area contributed by atoms with Crippen LogP contribution >= 0.6 is 0 Å². The predicted molar refractivity (Wildman–Crippen MR) is 93.9 cm³/mol. The lowest BCUT2D eigenvalue weighted by Crippen LogP contribution is -2.30. The number of aromatic nitrogens is 2. The van der Waals surface area contributed by atoms with Gasteiger partial charge in [-0.15, -0.1) is 0 Å². The van der Waals surface area contributed by atoms with E-state index in [-0.39, 0.29) is 28.1 Å². The van der Waals surface area contributed by atoms with Crippen LogP contribution in [-0.2, 0) is 16.6 Å². The van der Waals surface area contributed by atoms with Gasteiger partial charge in [-0.05, 0) is 26.0 Å². The molecule has 0 aliphatic heterocycles. The molecule has 8 nitrogen and oxygen atoms in total. The van der Waals surface area contributed by atoms with Gasteiger partial charge >= 0.3 is 5.97 Å². The fourth-order valence-electron chi connectivity index (χ4n) is 2.53. The first-order valence-electron chi connectivity index (χ1n) is 8.10. The molecule has 28 heavy (non-hydrogen) atoms. The van der Waals surface area contributed by atoms with Crippen LogP contribution in [-0.4, -0.2) is 27.5 Å². The molecule has 0 saturated carbocycles. The van der Waals surface area contributed by atoms with Gasteiger partial charge in [-0.1, -0.05) is 0 Å². The summed E-state index contributed by atoms with van der Waals surface area (Å²) in [5.41, 5.74) is -0.953. The summed E-state index contributed by atoms with van der Waals surface area (Å²) < 4.78 is 38.2. The molecule has 146 valence electrons. The standard InChI is InChI=1S/C18H15F2N3O5/c1-8-13(14-16(27-8)21-7-23(3)17(14)25)18(26)28-9(2)15(24)22-12-5-4-10(19)6-11(12)20/h4-7,9H,1-3H3,(H,22,24). The summed E-state index contributed by atoms with van der Waals surface area (Å²) in [6.45, 7) is 2.72. The number of esters is 1. The zero-order chi connectivity index (χ0) is 20.6. The molecule has 10 heteroatoms. The summed E-state index contributed by atoms with van der Waals surface area (Å²) in [4.78, 5) is 40.9. The number of nitrogens with zero attached hydrogens (tertiary/aromatic N) is 2. The van der Waals surface area contributed by atoms with E-state index in [1.54, 1.807) is 0 Å². The number of amides is 1. The number of halogens is 2. The van der Waals surface area contributed by atoms with Crippen molar-refractivity contribution in [3.8, 4) is 0 Å². The van der Waals surface area contributed by atoms with Gasteiger partial charge in [0.2, 0.25) is 5.71 Å². The molecule has 1 amide bonds. The minimum absolute atomic E-state index is 0.0296. The van der Waals surface area contributed by atoms with E-state index in [9.17, 15) is 23.2 Å². The van der Waals surface area contributed by atoms with E-state index >= 15 is 0 Å². The Bertz CT molecular complexity index is 1150. The number of anilines is 1. The van der Waals surface area contributed by atoms with Gasteiger partial charge in [0.25, 0.3) is 11.5 Å². The molecule has 0 fully saturated rings. The number of furan rings is 1. The van der Waals surface area contributed by atoms with Gasteiger partial charge in [-0.3, -0.25) is 9.59 Å². The molecule has 1 unspecified atom stereocenters. The average Bonchev–Trinajstić information content (AvgIpc) is 2.97. The topological polar surface area (TPSA) is 103 Å². The maximum absolute atomic E-state index is 13.7. The number of carbonyl (C=O) groups is 2. The Balaban J connectivity index is 1.82. The Morgan fingerprint density at radius 1 is 1.32 bits per heavy atom. The first-order valence-corrected chi connectivity index (χ1v) is 8.10. The number of rotatable bonds is 4. The summed E-state index contributed by atoms with van der Waals surface area (Å²) in [6, 6.07) is 2.62. The SMILES string of the molecule is Cc1oc2ncn(C)c(=O)c2c1C(=O)OC(C)C(=O)Nc1ccc(F)cc1F. The van der Waals surface area contributed by atoms with Crippen molar-refractivity contribution < 1.29 is 27.5 Å². The van der Waals surface area contributed by atoms with Crippen molar-refractivity contribution in [3.05, 3.63) is 57.8 Å². The van der Waals surface area contributed by atoms with E-state index in [1.165, 1.54) is 31.8 Å². The first-order chi connectivity index (χ1) is 13.2. The molecule has 0 aliphatic rings. The number of ether oxygens (including phenoxy) is 1. The van der Waals surface area contributed by atoms with Gasteiger partial charge in [-0.25, -0.2) is 18.6 Å². The molecule has 0 saturated heterocycles. The lowest BCUT2D eigenvalue weighted by atomic mass is 10.2. The Morgan fingerprint density at radius 2 is 2.04 bits per heavy atom. The highest BCUT2D eigenvalue weighted by atomic mass is 19.1. The summed E-state index contributed by atoms with van der Waals surface area (Å²) >= 11 is 0. The monoisotopic (exact) mass is 391 g/mol. The molecule has 1 N–H and O–H groups in total. The normalized spacial score (nSPS) is 12.0. The summed E-state index contributed by atoms with van der Waals surface area (Å²) in [5, 5.41) is 2.14. The van der Waals surface area contributed by atoms with Gasteiger partial charge in [0, 0.05) is 13.1 Å². The first kappa shape index (κ1) is 19.2. The van der Waals surface area contributed by atoms with E-state index in [2.05, 4.69) is 10.3 Å². The van der Waals surface area contributed by atoms with E-state index in [4.69, 9.17) is 9.15 Å². The predicted octanol–water partition coefficient (Wildman–Crippen LogP) is 2.30. The second-order valence-electron chi connectivity index (χ2n) is 6.03. The number of carbonyl (C=O) groups excluding carboxylic acids is 2. The number of fused-ring (bicyclic) bond motifs is 1. The van der Waals surface area contributed by atoms with Crippen LogP contribution in [0.4, 0.5) is 14.5 Å². The number of nitrogens with one attached hydrogen (secondary N) is 1. The van der Waals surface area contributed by atoms with Crippen molar-refractivity contribution in [1.82, 2.24) is 9.55 Å². The summed E-state index contributed by atoms with van der Waals surface area (Å²) in [6.07, 6.45) is -0.0856. The van der Waals surface area contributed by atoms with Gasteiger partial charge < -0.3 is 19.0 Å². The fraction of sp³-hybridized carbons (Fsp3) is 0.222. The highest BCUT2D eigenvalue weighted by Crippen LogP contribution is 2.22. The fourth-order valence-corrected chi connectivity index (χ4v) is 2.53. The molecule has 1 atom stereocenters. The lowest BCUT2D eigenvalue weighted by molar-refractivity contribution is -0.123. The number of hydrogen-bond donors (Lipinski definition) is 1. The van der Waals surface area contributed by atoms with Crippen molar-refractivity contribution in [2.45, 2.75) is 20.0 Å². The second-order valence-corrected chi connectivity index (χ2v) is 6.03. The molecule has 3 rings (SSSR count). The second kappa shape index (κ2) is 7.22. The molecular weight excluding hydrogens is 376 g/mol. The number of benzene rings is 1. The van der Waals surface area contributed by atoms with Crippen molar-refractivity contribution in [2.24, 2.45) is 7.05 Å². The third-order valence-electron chi connectivity index (χ3n) is 3.99. The zero-order valence-corrected chi connectivity index (χ0v) is 15.1. The van der Waals surface area contributed by atoms with Crippen molar-refractivity contribution in [2.75, 3.05) is 5.32 Å². The van der Waals surface area contributed by atoms with Gasteiger partial charge in [-0.2, -0.15) is 0 Å². The zero-order valence-electron chi connectivity index (χ0n) is 15.1. The van der Waals surface area contributed by atoms with E-state index < -0.39 is 35.2 Å². The van der Waals surface area contributed by atoms with E-state index in [1.807, 2.05) is 0 Å². The third kappa shape index (κ3) is 3.48. The van der Waals surface area contributed by atoms with Gasteiger partial charge in [0.1, 0.15) is 34.7 Å². The van der Waals surface area contributed by atoms with Crippen LogP contribution in [0.25, 0.3) is 11.1 Å². The largest absolute Gasteiger partial charge is 0.449 e. The van der Waals surface area contributed by atoms with Crippen LogP contribution in [0, 0.1) is 18.6 Å². The molecule has 1 aromatic carbocycles. The minimum atomic E-state index is -1.33. The van der Waals surface area contributed by atoms with Gasteiger partial charge in [0.15, 0.2) is 6.10 Å². The summed E-state index contributed by atoms with van der Waals surface area (Å²) in [5.74, 6) is -3.47. The van der Waals surface area contributed by atoms with Crippen LogP contribution in [0.3, 0.4) is 0 Å². The van der Waals surface area contributed by atoms with Crippen molar-refractivity contribution in [3.63, 3.8) is 0 Å². The quantitative estimate of drug-likeness (QED) is 0.685. The summed E-state index contributed by atoms with van der Waals surface area (Å²) in [7, 11) is 1.46. The Morgan fingerprint density at radius 3 is 2.71 bits per heavy atom. The van der Waals surface area contributed by atoms with Crippen LogP contribution in [0.2, 0.25) is 0 Å². The maximum Gasteiger partial charge on any atom is 0.343 e. The molecule has 0 aliphatic carbocycles. The highest BCUT2D eigenvalue weighted by molar-refractivity contribution is 6.04. The molecule has 3 aromatic rings. The lowest BCUT2D eigenvalue weighted by Gasteiger charge is -2.13. The molecule has 0 bridgehead atoms. The molecule has 2 aromatic heterocycles. The molecule has 0 radical (unpaired) electrons. The van der Waals surface area contributed by atoms with Crippen LogP contribution in [0.15, 0.2) is 33.7 Å². The number of aryl methyl sites for hydroxylation is 2. The molecule has 0 spiro atoms. The highest BCUT2D eigenvalue weighted by Gasteiger charge is 2.27.